The minimum Gasteiger partial charge on any atom is -0.493 e. The number of carboxylic acids is 1. The Hall–Kier alpha value is -2.80. The molecule has 0 aromatic heterocycles. The largest absolute Gasteiger partial charge is 0.493 e. The molecule has 26 heavy (non-hydrogen) atoms. The Morgan fingerprint density at radius 3 is 2.19 bits per heavy atom. The van der Waals surface area contributed by atoms with Gasteiger partial charge < -0.3 is 14.0 Å². The van der Waals surface area contributed by atoms with Crippen LogP contribution >= 0.6 is 0 Å². The van der Waals surface area contributed by atoms with E-state index in [0.717, 1.165) is 11.6 Å². The van der Waals surface area contributed by atoms with E-state index in [1.165, 1.54) is 25.3 Å². The molecule has 0 amide bonds. The summed E-state index contributed by atoms with van der Waals surface area (Å²) in [5.74, 6) is -0.875. The van der Waals surface area contributed by atoms with Crippen LogP contribution in [0.5, 0.6) is 11.5 Å². The molecule has 138 valence electrons. The first kappa shape index (κ1) is 19.5. The van der Waals surface area contributed by atoms with Crippen LogP contribution in [-0.2, 0) is 14.9 Å². The molecule has 0 atom stereocenters. The van der Waals surface area contributed by atoms with Crippen LogP contribution < -0.4 is 8.92 Å². The Morgan fingerprint density at radius 1 is 1.04 bits per heavy atom. The van der Waals surface area contributed by atoms with Gasteiger partial charge in [-0.1, -0.05) is 23.8 Å². The minimum atomic E-state index is -4.05. The summed E-state index contributed by atoms with van der Waals surface area (Å²) in [6.07, 6.45) is 2.35. The van der Waals surface area contributed by atoms with E-state index in [1.807, 2.05) is 6.92 Å². The Kier molecular flexibility index (Phi) is 5.72. The number of carbonyl (C=O) groups is 1. The lowest BCUT2D eigenvalue weighted by atomic mass is 10.1. The highest BCUT2D eigenvalue weighted by atomic mass is 32.2. The summed E-state index contributed by atoms with van der Waals surface area (Å²) in [6, 6.07) is 8.03. The van der Waals surface area contributed by atoms with Gasteiger partial charge in [-0.25, -0.2) is 4.79 Å². The average Bonchev–Trinajstić information content (AvgIpc) is 2.52. The third-order valence-corrected chi connectivity index (χ3v) is 5.20. The standard InChI is InChI=1S/C19H20O6S/c1-12-9-13(2)19(14(3)10-12)26(22,23)25-16-7-5-15(6-8-18(20)21)11-17(16)24-4/h5-11H,1-4H3,(H,20,21). The first-order chi connectivity index (χ1) is 12.1. The molecule has 0 saturated carbocycles. The number of aryl methyl sites for hydroxylation is 3. The van der Waals surface area contributed by atoms with Gasteiger partial charge in [-0.2, -0.15) is 8.42 Å². The van der Waals surface area contributed by atoms with Gasteiger partial charge in [0.2, 0.25) is 0 Å². The van der Waals surface area contributed by atoms with E-state index in [2.05, 4.69) is 0 Å². The third kappa shape index (κ3) is 4.43. The van der Waals surface area contributed by atoms with Crippen molar-refractivity contribution < 1.29 is 27.2 Å². The quantitative estimate of drug-likeness (QED) is 0.613. The van der Waals surface area contributed by atoms with Gasteiger partial charge in [-0.15, -0.1) is 0 Å². The maximum atomic E-state index is 12.8. The SMILES string of the molecule is COc1cc(C=CC(=O)O)ccc1OS(=O)(=O)c1c(C)cc(C)cc1C. The van der Waals surface area contributed by atoms with Crippen LogP contribution in [0.25, 0.3) is 6.08 Å². The fourth-order valence-corrected chi connectivity index (χ4v) is 4.11. The van der Waals surface area contributed by atoms with Crippen LogP contribution in [0.1, 0.15) is 22.3 Å². The highest BCUT2D eigenvalue weighted by Gasteiger charge is 2.23. The maximum Gasteiger partial charge on any atom is 0.339 e. The van der Waals surface area contributed by atoms with Crippen LogP contribution in [0, 0.1) is 20.8 Å². The third-order valence-electron chi connectivity index (χ3n) is 3.66. The molecule has 0 saturated heterocycles. The minimum absolute atomic E-state index is 0.0272. The molecule has 0 aliphatic carbocycles. The van der Waals surface area contributed by atoms with Crippen LogP contribution in [0.15, 0.2) is 41.3 Å². The van der Waals surface area contributed by atoms with Gasteiger partial charge in [0.15, 0.2) is 11.5 Å². The number of hydrogen-bond donors (Lipinski definition) is 1. The molecule has 0 spiro atoms. The molecule has 0 fully saturated rings. The van der Waals surface area contributed by atoms with Crippen molar-refractivity contribution in [2.45, 2.75) is 25.7 Å². The Labute approximate surface area is 152 Å². The van der Waals surface area contributed by atoms with Gasteiger partial charge in [-0.3, -0.25) is 0 Å². The Bertz CT molecular complexity index is 951. The summed E-state index contributed by atoms with van der Waals surface area (Å²) in [7, 11) is -2.68. The van der Waals surface area contributed by atoms with Crippen LogP contribution in [0.4, 0.5) is 0 Å². The molecule has 2 aromatic carbocycles. The van der Waals surface area contributed by atoms with Crippen molar-refractivity contribution in [3.05, 3.63) is 58.7 Å². The van der Waals surface area contributed by atoms with Crippen LogP contribution in [0.3, 0.4) is 0 Å². The van der Waals surface area contributed by atoms with Gasteiger partial charge >= 0.3 is 16.1 Å². The normalized spacial score (nSPS) is 11.5. The zero-order chi connectivity index (χ0) is 19.5. The Balaban J connectivity index is 2.43. The number of aliphatic carboxylic acids is 1. The summed E-state index contributed by atoms with van der Waals surface area (Å²) in [5.41, 5.74) is 2.70. The molecule has 2 rings (SSSR count). The van der Waals surface area contributed by atoms with Gasteiger partial charge in [-0.05, 0) is 55.7 Å². The fourth-order valence-electron chi connectivity index (χ4n) is 2.75. The molecule has 7 heteroatoms. The predicted octanol–water partition coefficient (Wildman–Crippen LogP) is 3.49. The first-order valence-electron chi connectivity index (χ1n) is 7.75. The topological polar surface area (TPSA) is 89.9 Å². The zero-order valence-electron chi connectivity index (χ0n) is 14.9. The monoisotopic (exact) mass is 376 g/mol. The van der Waals surface area contributed by atoms with Crippen molar-refractivity contribution in [3.8, 4) is 11.5 Å². The summed E-state index contributed by atoms with van der Waals surface area (Å²) in [6.45, 7) is 5.32. The summed E-state index contributed by atoms with van der Waals surface area (Å²) in [5, 5.41) is 8.68. The van der Waals surface area contributed by atoms with E-state index in [0.29, 0.717) is 16.7 Å². The molecule has 0 bridgehead atoms. The van der Waals surface area contributed by atoms with Crippen LogP contribution in [0.2, 0.25) is 0 Å². The highest BCUT2D eigenvalue weighted by Crippen LogP contribution is 2.32. The molecular formula is C19H20O6S. The molecule has 0 radical (unpaired) electrons. The smallest absolute Gasteiger partial charge is 0.339 e. The van der Waals surface area contributed by atoms with Crippen molar-refractivity contribution in [1.29, 1.82) is 0 Å². The lowest BCUT2D eigenvalue weighted by Crippen LogP contribution is -2.13. The number of methoxy groups -OCH3 is 1. The number of rotatable bonds is 6. The second-order valence-corrected chi connectivity index (χ2v) is 7.33. The van der Waals surface area contributed by atoms with E-state index >= 15 is 0 Å². The van der Waals surface area contributed by atoms with Crippen molar-refractivity contribution in [3.63, 3.8) is 0 Å². The van der Waals surface area contributed by atoms with Crippen LogP contribution in [-0.4, -0.2) is 26.6 Å². The highest BCUT2D eigenvalue weighted by molar-refractivity contribution is 7.87. The van der Waals surface area contributed by atoms with Gasteiger partial charge in [0.1, 0.15) is 4.90 Å². The van der Waals surface area contributed by atoms with Crippen molar-refractivity contribution in [1.82, 2.24) is 0 Å². The maximum absolute atomic E-state index is 12.8. The second-order valence-electron chi connectivity index (χ2n) is 5.85. The predicted molar refractivity (Wildman–Crippen MR) is 98.1 cm³/mol. The summed E-state index contributed by atoms with van der Waals surface area (Å²) < 4.78 is 36.0. The van der Waals surface area contributed by atoms with Crippen molar-refractivity contribution in [2.24, 2.45) is 0 Å². The fraction of sp³-hybridized carbons (Fsp3) is 0.211. The van der Waals surface area contributed by atoms with Gasteiger partial charge in [0.25, 0.3) is 0 Å². The summed E-state index contributed by atoms with van der Waals surface area (Å²) >= 11 is 0. The number of benzene rings is 2. The molecule has 2 aromatic rings. The van der Waals surface area contributed by atoms with Crippen molar-refractivity contribution >= 4 is 22.2 Å². The van der Waals surface area contributed by atoms with E-state index < -0.39 is 16.1 Å². The average molecular weight is 376 g/mol. The lowest BCUT2D eigenvalue weighted by Gasteiger charge is -2.15. The zero-order valence-corrected chi connectivity index (χ0v) is 15.8. The molecule has 0 aliphatic heterocycles. The molecule has 1 N–H and O–H groups in total. The van der Waals surface area contributed by atoms with Crippen molar-refractivity contribution in [2.75, 3.05) is 7.11 Å². The number of ether oxygens (including phenoxy) is 1. The second kappa shape index (κ2) is 7.61. The molecule has 0 unspecified atom stereocenters. The van der Waals surface area contributed by atoms with E-state index in [9.17, 15) is 13.2 Å². The summed E-state index contributed by atoms with van der Waals surface area (Å²) in [4.78, 5) is 10.7. The van der Waals surface area contributed by atoms with E-state index in [4.69, 9.17) is 14.0 Å². The van der Waals surface area contributed by atoms with E-state index in [-0.39, 0.29) is 16.4 Å². The van der Waals surface area contributed by atoms with E-state index in [1.54, 1.807) is 32.0 Å². The molecular weight excluding hydrogens is 356 g/mol. The Morgan fingerprint density at radius 2 is 1.65 bits per heavy atom. The lowest BCUT2D eigenvalue weighted by molar-refractivity contribution is -0.131. The number of hydrogen-bond acceptors (Lipinski definition) is 5. The van der Waals surface area contributed by atoms with Gasteiger partial charge in [0.05, 0.1) is 7.11 Å². The molecule has 0 heterocycles. The van der Waals surface area contributed by atoms with Gasteiger partial charge in [0, 0.05) is 6.08 Å². The number of carboxylic acid groups (broad SMARTS) is 1. The molecule has 6 nitrogen and oxygen atoms in total. The first-order valence-corrected chi connectivity index (χ1v) is 9.16. The molecule has 0 aliphatic rings.